The highest BCUT2D eigenvalue weighted by Crippen LogP contribution is 2.20. The van der Waals surface area contributed by atoms with Crippen molar-refractivity contribution in [2.24, 2.45) is 5.92 Å². The predicted molar refractivity (Wildman–Crippen MR) is 68.9 cm³/mol. The lowest BCUT2D eigenvalue weighted by Gasteiger charge is -2.29. The molecule has 2 atom stereocenters. The summed E-state index contributed by atoms with van der Waals surface area (Å²) in [5.41, 5.74) is 1.23. The zero-order chi connectivity index (χ0) is 12.8. The van der Waals surface area contributed by atoms with Gasteiger partial charge in [-0.05, 0) is 19.0 Å². The second-order valence-electron chi connectivity index (χ2n) is 4.41. The van der Waals surface area contributed by atoms with Crippen LogP contribution in [0.25, 0.3) is 0 Å². The van der Waals surface area contributed by atoms with Gasteiger partial charge in [0.2, 0.25) is 0 Å². The van der Waals surface area contributed by atoms with Crippen LogP contribution in [0.15, 0.2) is 30.3 Å². The maximum absolute atomic E-state index is 10.9. The van der Waals surface area contributed by atoms with Crippen molar-refractivity contribution in [2.75, 3.05) is 13.1 Å². The minimum Gasteiger partial charge on any atom is -0.481 e. The second kappa shape index (κ2) is 6.40. The number of nitrogens with zero attached hydrogens (tertiary/aromatic N) is 1. The van der Waals surface area contributed by atoms with Gasteiger partial charge in [0, 0.05) is 12.6 Å². The highest BCUT2D eigenvalue weighted by molar-refractivity contribution is 5.69. The van der Waals surface area contributed by atoms with Crippen molar-refractivity contribution in [1.82, 2.24) is 4.90 Å². The molecule has 0 bridgehead atoms. The van der Waals surface area contributed by atoms with Gasteiger partial charge >= 0.3 is 5.97 Å². The van der Waals surface area contributed by atoms with Crippen LogP contribution in [0.3, 0.4) is 0 Å². The number of hydrogen-bond donors (Lipinski definition) is 1. The highest BCUT2D eigenvalue weighted by Gasteiger charge is 2.19. The average Bonchev–Trinajstić information content (AvgIpc) is 2.35. The van der Waals surface area contributed by atoms with E-state index in [1.165, 1.54) is 5.56 Å². The van der Waals surface area contributed by atoms with Gasteiger partial charge in [-0.2, -0.15) is 0 Å². The third-order valence-electron chi connectivity index (χ3n) is 3.17. The molecule has 0 aliphatic carbocycles. The number of carboxylic acid groups (broad SMARTS) is 1. The summed E-state index contributed by atoms with van der Waals surface area (Å²) in [6.07, 6.45) is 0. The molecule has 0 aliphatic rings. The summed E-state index contributed by atoms with van der Waals surface area (Å²) in [6, 6.07) is 10.4. The fourth-order valence-electron chi connectivity index (χ4n) is 1.93. The summed E-state index contributed by atoms with van der Waals surface area (Å²) >= 11 is 0. The first-order valence-corrected chi connectivity index (χ1v) is 6.08. The maximum Gasteiger partial charge on any atom is 0.307 e. The topological polar surface area (TPSA) is 40.5 Å². The Labute approximate surface area is 103 Å². The second-order valence-corrected chi connectivity index (χ2v) is 4.41. The molecule has 0 heterocycles. The Morgan fingerprint density at radius 2 is 1.88 bits per heavy atom. The lowest BCUT2D eigenvalue weighted by molar-refractivity contribution is -0.141. The van der Waals surface area contributed by atoms with Gasteiger partial charge in [-0.3, -0.25) is 9.69 Å². The Bertz CT molecular complexity index is 350. The van der Waals surface area contributed by atoms with Gasteiger partial charge in [-0.15, -0.1) is 0 Å². The first-order chi connectivity index (χ1) is 8.06. The van der Waals surface area contributed by atoms with Crippen molar-refractivity contribution < 1.29 is 9.90 Å². The molecule has 1 N–H and O–H groups in total. The molecule has 3 heteroatoms. The molecule has 0 saturated heterocycles. The van der Waals surface area contributed by atoms with Crippen LogP contribution in [0.2, 0.25) is 0 Å². The standard InChI is InChI=1S/C14H21NO2/c1-4-15(10-11(2)14(16)17)12(3)13-8-6-5-7-9-13/h5-9,11-12H,4,10H2,1-3H3,(H,16,17). The quantitative estimate of drug-likeness (QED) is 0.824. The number of carboxylic acids is 1. The summed E-state index contributed by atoms with van der Waals surface area (Å²) in [7, 11) is 0. The van der Waals surface area contributed by atoms with E-state index in [1.807, 2.05) is 18.2 Å². The normalized spacial score (nSPS) is 14.6. The fourth-order valence-corrected chi connectivity index (χ4v) is 1.93. The number of carbonyl (C=O) groups is 1. The Kier molecular flexibility index (Phi) is 5.16. The van der Waals surface area contributed by atoms with Gasteiger partial charge in [0.15, 0.2) is 0 Å². The molecule has 0 aliphatic heterocycles. The fraction of sp³-hybridized carbons (Fsp3) is 0.500. The third-order valence-corrected chi connectivity index (χ3v) is 3.17. The van der Waals surface area contributed by atoms with Crippen LogP contribution >= 0.6 is 0 Å². The van der Waals surface area contributed by atoms with Gasteiger partial charge in [0.05, 0.1) is 5.92 Å². The van der Waals surface area contributed by atoms with Crippen molar-refractivity contribution in [2.45, 2.75) is 26.8 Å². The van der Waals surface area contributed by atoms with Crippen molar-refractivity contribution in [3.63, 3.8) is 0 Å². The maximum atomic E-state index is 10.9. The van der Waals surface area contributed by atoms with Crippen LogP contribution < -0.4 is 0 Å². The zero-order valence-corrected chi connectivity index (χ0v) is 10.8. The SMILES string of the molecule is CCN(CC(C)C(=O)O)C(C)c1ccccc1. The van der Waals surface area contributed by atoms with Crippen LogP contribution in [0.5, 0.6) is 0 Å². The van der Waals surface area contributed by atoms with Crippen molar-refractivity contribution in [3.8, 4) is 0 Å². The van der Waals surface area contributed by atoms with Gasteiger partial charge in [-0.1, -0.05) is 44.2 Å². The van der Waals surface area contributed by atoms with Crippen molar-refractivity contribution in [3.05, 3.63) is 35.9 Å². The lowest BCUT2D eigenvalue weighted by Crippen LogP contribution is -2.33. The molecule has 0 saturated carbocycles. The monoisotopic (exact) mass is 235 g/mol. The number of hydrogen-bond acceptors (Lipinski definition) is 2. The Balaban J connectivity index is 2.71. The number of benzene rings is 1. The largest absolute Gasteiger partial charge is 0.481 e. The molecule has 1 aromatic carbocycles. The van der Waals surface area contributed by atoms with Crippen LogP contribution in [0.4, 0.5) is 0 Å². The predicted octanol–water partition coefficient (Wildman–Crippen LogP) is 2.79. The van der Waals surface area contributed by atoms with Crippen LogP contribution in [0.1, 0.15) is 32.4 Å². The molecule has 0 radical (unpaired) electrons. The van der Waals surface area contributed by atoms with Crippen LogP contribution in [-0.2, 0) is 4.79 Å². The first-order valence-electron chi connectivity index (χ1n) is 6.08. The molecule has 2 unspecified atom stereocenters. The third kappa shape index (κ3) is 3.86. The Hall–Kier alpha value is -1.35. The summed E-state index contributed by atoms with van der Waals surface area (Å²) < 4.78 is 0. The van der Waals surface area contributed by atoms with Crippen molar-refractivity contribution >= 4 is 5.97 Å². The Morgan fingerprint density at radius 3 is 2.35 bits per heavy atom. The highest BCUT2D eigenvalue weighted by atomic mass is 16.4. The first kappa shape index (κ1) is 13.7. The van der Waals surface area contributed by atoms with Crippen LogP contribution in [0, 0.1) is 5.92 Å². The minimum absolute atomic E-state index is 0.253. The molecule has 0 spiro atoms. The molecule has 17 heavy (non-hydrogen) atoms. The number of aliphatic carboxylic acids is 1. The summed E-state index contributed by atoms with van der Waals surface area (Å²) in [6.45, 7) is 7.37. The number of rotatable bonds is 6. The van der Waals surface area contributed by atoms with Gasteiger partial charge in [0.25, 0.3) is 0 Å². The molecule has 0 aromatic heterocycles. The zero-order valence-electron chi connectivity index (χ0n) is 10.8. The van der Waals surface area contributed by atoms with Crippen molar-refractivity contribution in [1.29, 1.82) is 0 Å². The smallest absolute Gasteiger partial charge is 0.307 e. The molecule has 1 rings (SSSR count). The van der Waals surface area contributed by atoms with Gasteiger partial charge < -0.3 is 5.11 Å². The van der Waals surface area contributed by atoms with E-state index in [2.05, 4.69) is 30.9 Å². The van der Waals surface area contributed by atoms with Crippen LogP contribution in [-0.4, -0.2) is 29.1 Å². The van der Waals surface area contributed by atoms with E-state index < -0.39 is 5.97 Å². The van der Waals surface area contributed by atoms with Gasteiger partial charge in [0.1, 0.15) is 0 Å². The molecule has 0 amide bonds. The van der Waals surface area contributed by atoms with E-state index in [1.54, 1.807) is 6.92 Å². The van der Waals surface area contributed by atoms with Gasteiger partial charge in [-0.25, -0.2) is 0 Å². The van der Waals surface area contributed by atoms with E-state index in [4.69, 9.17) is 5.11 Å². The summed E-state index contributed by atoms with van der Waals surface area (Å²) in [4.78, 5) is 13.1. The van der Waals surface area contributed by atoms with E-state index in [-0.39, 0.29) is 12.0 Å². The molecule has 94 valence electrons. The lowest BCUT2D eigenvalue weighted by atomic mass is 10.0. The van der Waals surface area contributed by atoms with E-state index in [9.17, 15) is 4.79 Å². The summed E-state index contributed by atoms with van der Waals surface area (Å²) in [5, 5.41) is 8.95. The van der Waals surface area contributed by atoms with E-state index in [0.29, 0.717) is 6.54 Å². The van der Waals surface area contributed by atoms with E-state index >= 15 is 0 Å². The molecular formula is C14H21NO2. The Morgan fingerprint density at radius 1 is 1.29 bits per heavy atom. The molecule has 0 fully saturated rings. The van der Waals surface area contributed by atoms with E-state index in [0.717, 1.165) is 6.54 Å². The summed E-state index contributed by atoms with van der Waals surface area (Å²) in [5.74, 6) is -1.06. The average molecular weight is 235 g/mol. The molecular weight excluding hydrogens is 214 g/mol. The molecule has 1 aromatic rings. The molecule has 3 nitrogen and oxygen atoms in total. The minimum atomic E-state index is -0.733.